The zero-order valence-corrected chi connectivity index (χ0v) is 8.46. The van der Waals surface area contributed by atoms with Crippen molar-refractivity contribution < 1.29 is 9.90 Å². The van der Waals surface area contributed by atoms with Gasteiger partial charge in [-0.3, -0.25) is 4.79 Å². The smallest absolute Gasteiger partial charge is 0.248 e. The molecule has 0 aromatic carbocycles. The van der Waals surface area contributed by atoms with Gasteiger partial charge in [-0.1, -0.05) is 0 Å². The zero-order valence-electron chi connectivity index (χ0n) is 8.46. The molecule has 0 atom stereocenters. The molecule has 1 amide bonds. The fourth-order valence-corrected chi connectivity index (χ4v) is 3.31. The van der Waals surface area contributed by atoms with Crippen LogP contribution in [0.4, 0.5) is 0 Å². The molecule has 3 heteroatoms. The van der Waals surface area contributed by atoms with Crippen LogP contribution in [0.2, 0.25) is 0 Å². The molecule has 0 bridgehead atoms. The SMILES string of the molecule is O=C(CO)N1CCC2(CC2)C2(CC2)C1. The minimum absolute atomic E-state index is 0.0771. The average molecular weight is 195 g/mol. The Morgan fingerprint density at radius 2 is 1.79 bits per heavy atom. The van der Waals surface area contributed by atoms with E-state index < -0.39 is 0 Å². The number of piperidine rings is 1. The van der Waals surface area contributed by atoms with Crippen LogP contribution in [0, 0.1) is 10.8 Å². The minimum atomic E-state index is -0.316. The van der Waals surface area contributed by atoms with Crippen molar-refractivity contribution in [2.75, 3.05) is 19.7 Å². The molecule has 0 radical (unpaired) electrons. The number of carbonyl (C=O) groups is 1. The van der Waals surface area contributed by atoms with Crippen molar-refractivity contribution in [3.8, 4) is 0 Å². The number of aliphatic hydroxyl groups is 1. The predicted octanol–water partition coefficient (Wildman–Crippen LogP) is 0.771. The van der Waals surface area contributed by atoms with Gasteiger partial charge in [0.25, 0.3) is 0 Å². The van der Waals surface area contributed by atoms with Crippen LogP contribution >= 0.6 is 0 Å². The standard InChI is InChI=1S/C11H17NO2/c13-7-9(14)12-6-5-10(1-2-10)11(8-12)3-4-11/h13H,1-8H2. The fraction of sp³-hybridized carbons (Fsp3) is 0.909. The monoisotopic (exact) mass is 195 g/mol. The number of nitrogens with zero attached hydrogens (tertiary/aromatic N) is 1. The predicted molar refractivity (Wildman–Crippen MR) is 51.6 cm³/mol. The lowest BCUT2D eigenvalue weighted by molar-refractivity contribution is -0.137. The van der Waals surface area contributed by atoms with Gasteiger partial charge in [0.05, 0.1) is 0 Å². The molecular weight excluding hydrogens is 178 g/mol. The second-order valence-corrected chi connectivity index (χ2v) is 5.28. The maximum atomic E-state index is 11.4. The Labute approximate surface area is 84.1 Å². The fourth-order valence-electron chi connectivity index (χ4n) is 3.31. The average Bonchev–Trinajstić information content (AvgIpc) is 3.05. The third kappa shape index (κ3) is 0.991. The minimum Gasteiger partial charge on any atom is -0.387 e. The lowest BCUT2D eigenvalue weighted by Gasteiger charge is -2.39. The number of carbonyl (C=O) groups excluding carboxylic acids is 1. The van der Waals surface area contributed by atoms with E-state index in [4.69, 9.17) is 5.11 Å². The largest absolute Gasteiger partial charge is 0.387 e. The number of hydrogen-bond donors (Lipinski definition) is 1. The highest BCUT2D eigenvalue weighted by Crippen LogP contribution is 2.73. The van der Waals surface area contributed by atoms with E-state index in [1.807, 2.05) is 4.90 Å². The summed E-state index contributed by atoms with van der Waals surface area (Å²) in [5.74, 6) is -0.0771. The van der Waals surface area contributed by atoms with E-state index in [0.29, 0.717) is 10.8 Å². The second kappa shape index (κ2) is 2.51. The van der Waals surface area contributed by atoms with Crippen LogP contribution in [0.25, 0.3) is 0 Å². The molecule has 1 saturated heterocycles. The Hall–Kier alpha value is -0.570. The van der Waals surface area contributed by atoms with Crippen molar-refractivity contribution in [1.82, 2.24) is 4.90 Å². The molecular formula is C11H17NO2. The van der Waals surface area contributed by atoms with Gasteiger partial charge in [-0.15, -0.1) is 0 Å². The quantitative estimate of drug-likeness (QED) is 0.671. The van der Waals surface area contributed by atoms with Crippen molar-refractivity contribution in [3.05, 3.63) is 0 Å². The zero-order chi connectivity index (χ0) is 9.81. The number of hydrogen-bond acceptors (Lipinski definition) is 2. The van der Waals surface area contributed by atoms with Crippen LogP contribution in [0.1, 0.15) is 32.1 Å². The Bertz CT molecular complexity index is 279. The molecule has 78 valence electrons. The number of likely N-dealkylation sites (tertiary alicyclic amines) is 1. The molecule has 2 saturated carbocycles. The van der Waals surface area contributed by atoms with Crippen molar-refractivity contribution in [1.29, 1.82) is 0 Å². The highest BCUT2D eigenvalue weighted by molar-refractivity contribution is 5.77. The molecule has 1 N–H and O–H groups in total. The first-order chi connectivity index (χ1) is 6.71. The van der Waals surface area contributed by atoms with E-state index in [2.05, 4.69) is 0 Å². The number of aliphatic hydroxyl groups excluding tert-OH is 1. The summed E-state index contributed by atoms with van der Waals surface area (Å²) in [5.41, 5.74) is 1.11. The molecule has 3 aliphatic rings. The van der Waals surface area contributed by atoms with Crippen LogP contribution in [0.5, 0.6) is 0 Å². The van der Waals surface area contributed by atoms with Crippen molar-refractivity contribution in [2.45, 2.75) is 32.1 Å². The molecule has 1 heterocycles. The highest BCUT2D eigenvalue weighted by Gasteiger charge is 2.66. The summed E-state index contributed by atoms with van der Waals surface area (Å²) in [6.45, 7) is 1.48. The second-order valence-electron chi connectivity index (χ2n) is 5.28. The van der Waals surface area contributed by atoms with Gasteiger partial charge in [0.1, 0.15) is 6.61 Å². The summed E-state index contributed by atoms with van der Waals surface area (Å²) in [6.07, 6.45) is 6.56. The molecule has 3 fully saturated rings. The lowest BCUT2D eigenvalue weighted by Crippen LogP contribution is -2.46. The van der Waals surface area contributed by atoms with Crippen molar-refractivity contribution >= 4 is 5.91 Å². The van der Waals surface area contributed by atoms with Crippen LogP contribution in [-0.2, 0) is 4.79 Å². The van der Waals surface area contributed by atoms with E-state index in [9.17, 15) is 4.79 Å². The lowest BCUT2D eigenvalue weighted by atomic mass is 9.79. The van der Waals surface area contributed by atoms with Gasteiger partial charge < -0.3 is 10.0 Å². The normalized spacial score (nSPS) is 30.8. The summed E-state index contributed by atoms with van der Waals surface area (Å²) in [6, 6.07) is 0. The highest BCUT2D eigenvalue weighted by atomic mass is 16.3. The molecule has 0 aromatic rings. The van der Waals surface area contributed by atoms with E-state index >= 15 is 0 Å². The number of fused-ring (bicyclic) bond motifs is 1. The maximum Gasteiger partial charge on any atom is 0.248 e. The van der Waals surface area contributed by atoms with Gasteiger partial charge in [0.15, 0.2) is 0 Å². The molecule has 2 aliphatic carbocycles. The molecule has 1 aliphatic heterocycles. The molecule has 0 unspecified atom stereocenters. The van der Waals surface area contributed by atoms with Crippen LogP contribution < -0.4 is 0 Å². The van der Waals surface area contributed by atoms with E-state index in [-0.39, 0.29) is 12.5 Å². The van der Waals surface area contributed by atoms with Crippen molar-refractivity contribution in [3.63, 3.8) is 0 Å². The van der Waals surface area contributed by atoms with Gasteiger partial charge in [-0.25, -0.2) is 0 Å². The summed E-state index contributed by atoms with van der Waals surface area (Å²) in [7, 11) is 0. The maximum absolute atomic E-state index is 11.4. The Balaban J connectivity index is 1.75. The molecule has 3 nitrogen and oxygen atoms in total. The van der Waals surface area contributed by atoms with E-state index in [0.717, 1.165) is 13.1 Å². The third-order valence-corrected chi connectivity index (χ3v) is 4.67. The van der Waals surface area contributed by atoms with Gasteiger partial charge in [-0.05, 0) is 42.9 Å². The third-order valence-electron chi connectivity index (χ3n) is 4.67. The summed E-state index contributed by atoms with van der Waals surface area (Å²) in [4.78, 5) is 13.3. The van der Waals surface area contributed by atoms with Crippen molar-refractivity contribution in [2.24, 2.45) is 10.8 Å². The molecule has 14 heavy (non-hydrogen) atoms. The summed E-state index contributed by atoms with van der Waals surface area (Å²) >= 11 is 0. The Morgan fingerprint density at radius 1 is 1.14 bits per heavy atom. The first-order valence-electron chi connectivity index (χ1n) is 5.60. The topological polar surface area (TPSA) is 40.5 Å². The van der Waals surface area contributed by atoms with E-state index in [1.165, 1.54) is 32.1 Å². The van der Waals surface area contributed by atoms with Gasteiger partial charge in [-0.2, -0.15) is 0 Å². The first-order valence-corrected chi connectivity index (χ1v) is 5.60. The summed E-state index contributed by atoms with van der Waals surface area (Å²) < 4.78 is 0. The van der Waals surface area contributed by atoms with E-state index in [1.54, 1.807) is 0 Å². The number of amides is 1. The molecule has 3 rings (SSSR count). The van der Waals surface area contributed by atoms with Gasteiger partial charge in [0, 0.05) is 13.1 Å². The first kappa shape index (κ1) is 8.72. The Kier molecular flexibility index (Phi) is 1.56. The summed E-state index contributed by atoms with van der Waals surface area (Å²) in [5, 5.41) is 8.83. The number of rotatable bonds is 1. The van der Waals surface area contributed by atoms with Gasteiger partial charge in [0.2, 0.25) is 5.91 Å². The van der Waals surface area contributed by atoms with Gasteiger partial charge >= 0.3 is 0 Å². The van der Waals surface area contributed by atoms with Crippen LogP contribution in [-0.4, -0.2) is 35.6 Å². The molecule has 2 spiro atoms. The van der Waals surface area contributed by atoms with Crippen LogP contribution in [0.15, 0.2) is 0 Å². The molecule has 0 aromatic heterocycles. The van der Waals surface area contributed by atoms with Crippen LogP contribution in [0.3, 0.4) is 0 Å². The Morgan fingerprint density at radius 3 is 2.29 bits per heavy atom.